The molecule has 1 N–H and O–H groups in total. The number of halogens is 2. The van der Waals surface area contributed by atoms with Crippen LogP contribution in [0.4, 0.5) is 10.1 Å². The number of rotatable bonds is 1. The van der Waals surface area contributed by atoms with Crippen LogP contribution in [0.3, 0.4) is 0 Å². The van der Waals surface area contributed by atoms with Crippen LogP contribution in [0.2, 0.25) is 0 Å². The lowest BCUT2D eigenvalue weighted by Gasteiger charge is -2.18. The maximum Gasteiger partial charge on any atom is 0.229 e. The van der Waals surface area contributed by atoms with E-state index in [1.807, 2.05) is 0 Å². The Hall–Kier alpha value is -0.900. The largest absolute Gasteiger partial charge is 0.323 e. The van der Waals surface area contributed by atoms with Gasteiger partial charge < -0.3 is 5.32 Å². The van der Waals surface area contributed by atoms with E-state index in [2.05, 4.69) is 21.2 Å². The van der Waals surface area contributed by atoms with Gasteiger partial charge in [-0.2, -0.15) is 0 Å². The topological polar surface area (TPSA) is 29.1 Å². The predicted molar refractivity (Wildman–Crippen MR) is 62.2 cm³/mol. The number of carbonyl (C=O) groups excluding carboxylic acids is 1. The number of benzene rings is 1. The van der Waals surface area contributed by atoms with E-state index in [0.717, 1.165) is 4.47 Å². The van der Waals surface area contributed by atoms with Crippen molar-refractivity contribution >= 4 is 27.5 Å². The van der Waals surface area contributed by atoms with Crippen molar-refractivity contribution in [2.45, 2.75) is 20.8 Å². The predicted octanol–water partition coefficient (Wildman–Crippen LogP) is 3.57. The summed E-state index contributed by atoms with van der Waals surface area (Å²) in [6.07, 6.45) is 0. The van der Waals surface area contributed by atoms with E-state index in [4.69, 9.17) is 0 Å². The molecule has 1 aromatic rings. The lowest BCUT2D eigenvalue weighted by Crippen LogP contribution is -2.28. The summed E-state index contributed by atoms with van der Waals surface area (Å²) in [4.78, 5) is 11.6. The summed E-state index contributed by atoms with van der Waals surface area (Å²) in [6, 6.07) is 4.43. The second kappa shape index (κ2) is 4.31. The third-order valence-electron chi connectivity index (χ3n) is 1.86. The molecular weight excluding hydrogens is 261 g/mol. The molecule has 0 aliphatic heterocycles. The van der Waals surface area contributed by atoms with Crippen molar-refractivity contribution in [3.8, 4) is 0 Å². The van der Waals surface area contributed by atoms with Gasteiger partial charge in [0.15, 0.2) is 0 Å². The molecule has 15 heavy (non-hydrogen) atoms. The molecule has 0 saturated heterocycles. The molecule has 1 rings (SSSR count). The first kappa shape index (κ1) is 12.2. The Bertz CT molecular complexity index is 385. The number of carbonyl (C=O) groups is 1. The Morgan fingerprint density at radius 1 is 1.40 bits per heavy atom. The number of hydrogen-bond donors (Lipinski definition) is 1. The fraction of sp³-hybridized carbons (Fsp3) is 0.364. The maximum absolute atomic E-state index is 13.3. The first-order valence-corrected chi connectivity index (χ1v) is 5.36. The van der Waals surface area contributed by atoms with E-state index in [0.29, 0.717) is 0 Å². The Balaban J connectivity index is 2.90. The van der Waals surface area contributed by atoms with Crippen LogP contribution >= 0.6 is 15.9 Å². The van der Waals surface area contributed by atoms with Crippen LogP contribution in [0, 0.1) is 11.2 Å². The van der Waals surface area contributed by atoms with E-state index in [-0.39, 0.29) is 11.6 Å². The van der Waals surface area contributed by atoms with Gasteiger partial charge in [0.05, 0.1) is 5.69 Å². The molecule has 0 unspecified atom stereocenters. The Kier molecular flexibility index (Phi) is 3.50. The monoisotopic (exact) mass is 273 g/mol. The van der Waals surface area contributed by atoms with Gasteiger partial charge in [0.1, 0.15) is 5.82 Å². The number of nitrogens with one attached hydrogen (secondary N) is 1. The molecule has 0 heterocycles. The molecule has 0 aliphatic rings. The molecule has 0 radical (unpaired) electrons. The summed E-state index contributed by atoms with van der Waals surface area (Å²) in [7, 11) is 0. The zero-order chi connectivity index (χ0) is 11.6. The third-order valence-corrected chi connectivity index (χ3v) is 2.35. The van der Waals surface area contributed by atoms with Crippen LogP contribution in [-0.2, 0) is 4.79 Å². The molecule has 0 fully saturated rings. The SMILES string of the molecule is CC(C)(C)C(=O)Nc1cc(Br)ccc1F. The van der Waals surface area contributed by atoms with Gasteiger partial charge in [0, 0.05) is 9.89 Å². The maximum atomic E-state index is 13.3. The third kappa shape index (κ3) is 3.30. The number of amides is 1. The average molecular weight is 274 g/mol. The van der Waals surface area contributed by atoms with Crippen molar-refractivity contribution in [3.63, 3.8) is 0 Å². The zero-order valence-electron chi connectivity index (χ0n) is 8.90. The van der Waals surface area contributed by atoms with E-state index in [1.165, 1.54) is 6.07 Å². The van der Waals surface area contributed by atoms with Crippen LogP contribution < -0.4 is 5.32 Å². The quantitative estimate of drug-likeness (QED) is 0.833. The normalized spacial score (nSPS) is 11.3. The molecule has 82 valence electrons. The van der Waals surface area contributed by atoms with Crippen LogP contribution in [0.15, 0.2) is 22.7 Å². The minimum atomic E-state index is -0.533. The lowest BCUT2D eigenvalue weighted by molar-refractivity contribution is -0.123. The van der Waals surface area contributed by atoms with Crippen LogP contribution in [0.5, 0.6) is 0 Å². The highest BCUT2D eigenvalue weighted by atomic mass is 79.9. The van der Waals surface area contributed by atoms with Crippen LogP contribution in [-0.4, -0.2) is 5.91 Å². The highest BCUT2D eigenvalue weighted by Crippen LogP contribution is 2.22. The fourth-order valence-electron chi connectivity index (χ4n) is 0.903. The van der Waals surface area contributed by atoms with Gasteiger partial charge in [-0.15, -0.1) is 0 Å². The number of hydrogen-bond acceptors (Lipinski definition) is 1. The van der Waals surface area contributed by atoms with Gasteiger partial charge >= 0.3 is 0 Å². The zero-order valence-corrected chi connectivity index (χ0v) is 10.5. The van der Waals surface area contributed by atoms with Gasteiger partial charge in [0.2, 0.25) is 5.91 Å². The Morgan fingerprint density at radius 2 is 2.00 bits per heavy atom. The van der Waals surface area contributed by atoms with Crippen molar-refractivity contribution in [3.05, 3.63) is 28.5 Å². The molecule has 0 aromatic heterocycles. The fourth-order valence-corrected chi connectivity index (χ4v) is 1.26. The molecule has 0 atom stereocenters. The van der Waals surface area contributed by atoms with E-state index >= 15 is 0 Å². The highest BCUT2D eigenvalue weighted by molar-refractivity contribution is 9.10. The van der Waals surface area contributed by atoms with Crippen molar-refractivity contribution in [1.82, 2.24) is 0 Å². The number of anilines is 1. The lowest BCUT2D eigenvalue weighted by atomic mass is 9.95. The highest BCUT2D eigenvalue weighted by Gasteiger charge is 2.22. The first-order valence-electron chi connectivity index (χ1n) is 4.57. The summed E-state index contributed by atoms with van der Waals surface area (Å²) in [5.41, 5.74) is -0.335. The smallest absolute Gasteiger partial charge is 0.229 e. The molecule has 1 amide bonds. The standard InChI is InChI=1S/C11H13BrFNO/c1-11(2,3)10(15)14-9-6-7(12)4-5-8(9)13/h4-6H,1-3H3,(H,14,15). The van der Waals surface area contributed by atoms with E-state index < -0.39 is 11.2 Å². The molecule has 4 heteroatoms. The summed E-state index contributed by atoms with van der Waals surface area (Å²) < 4.78 is 14.0. The van der Waals surface area contributed by atoms with Crippen molar-refractivity contribution < 1.29 is 9.18 Å². The first-order chi connectivity index (χ1) is 6.80. The van der Waals surface area contributed by atoms with Crippen LogP contribution in [0.1, 0.15) is 20.8 Å². The average Bonchev–Trinajstić information content (AvgIpc) is 2.09. The van der Waals surface area contributed by atoms with E-state index in [9.17, 15) is 9.18 Å². The molecule has 1 aromatic carbocycles. The van der Waals surface area contributed by atoms with Gasteiger partial charge in [-0.25, -0.2) is 4.39 Å². The van der Waals surface area contributed by atoms with Gasteiger partial charge in [-0.1, -0.05) is 36.7 Å². The van der Waals surface area contributed by atoms with Crippen molar-refractivity contribution in [1.29, 1.82) is 0 Å². The van der Waals surface area contributed by atoms with Gasteiger partial charge in [-0.05, 0) is 18.2 Å². The second-order valence-corrected chi connectivity index (χ2v) is 5.24. The van der Waals surface area contributed by atoms with Crippen LogP contribution in [0.25, 0.3) is 0 Å². The summed E-state index contributed by atoms with van der Waals surface area (Å²) >= 11 is 3.22. The molecule has 0 spiro atoms. The Morgan fingerprint density at radius 3 is 2.53 bits per heavy atom. The van der Waals surface area contributed by atoms with Gasteiger partial charge in [-0.3, -0.25) is 4.79 Å². The second-order valence-electron chi connectivity index (χ2n) is 4.33. The molecular formula is C11H13BrFNO. The molecule has 0 aliphatic carbocycles. The van der Waals surface area contributed by atoms with E-state index in [1.54, 1.807) is 32.9 Å². The molecule has 0 bridgehead atoms. The minimum absolute atomic E-state index is 0.198. The summed E-state index contributed by atoms with van der Waals surface area (Å²) in [5.74, 6) is -0.643. The summed E-state index contributed by atoms with van der Waals surface area (Å²) in [5, 5.41) is 2.55. The molecule has 0 saturated carbocycles. The van der Waals surface area contributed by atoms with Crippen molar-refractivity contribution in [2.24, 2.45) is 5.41 Å². The van der Waals surface area contributed by atoms with Crippen molar-refractivity contribution in [2.75, 3.05) is 5.32 Å². The minimum Gasteiger partial charge on any atom is -0.323 e. The van der Waals surface area contributed by atoms with Gasteiger partial charge in [0.25, 0.3) is 0 Å². The summed E-state index contributed by atoms with van der Waals surface area (Å²) in [6.45, 7) is 5.33. The Labute approximate surface area is 97.0 Å². The molecule has 2 nitrogen and oxygen atoms in total.